The monoisotopic (exact) mass is 391 g/mol. The van der Waals surface area contributed by atoms with Crippen LogP contribution in [0.15, 0.2) is 35.0 Å². The van der Waals surface area contributed by atoms with E-state index in [1.807, 2.05) is 0 Å². The third kappa shape index (κ3) is 3.19. The average Bonchev–Trinajstić information content (AvgIpc) is 3.27. The van der Waals surface area contributed by atoms with Crippen molar-refractivity contribution in [2.75, 3.05) is 12.4 Å². The van der Waals surface area contributed by atoms with Crippen molar-refractivity contribution in [3.05, 3.63) is 41.7 Å². The predicted molar refractivity (Wildman–Crippen MR) is 90.5 cm³/mol. The first-order valence-corrected chi connectivity index (χ1v) is 7.91. The highest BCUT2D eigenvalue weighted by molar-refractivity contribution is 5.73. The van der Waals surface area contributed by atoms with E-state index in [0.717, 1.165) is 10.7 Å². The zero-order chi connectivity index (χ0) is 19.9. The summed E-state index contributed by atoms with van der Waals surface area (Å²) >= 11 is 0. The number of nitrogens with one attached hydrogen (secondary N) is 1. The number of hydrogen-bond acceptors (Lipinski definition) is 8. The van der Waals surface area contributed by atoms with E-state index in [1.54, 1.807) is 24.3 Å². The number of aryl methyl sites for hydroxylation is 1. The van der Waals surface area contributed by atoms with Crippen molar-refractivity contribution >= 4 is 22.8 Å². The molecule has 0 bridgehead atoms. The maximum atomic E-state index is 13.0. The van der Waals surface area contributed by atoms with E-state index in [9.17, 15) is 13.2 Å². The highest BCUT2D eigenvalue weighted by atomic mass is 19.4. The predicted octanol–water partition coefficient (Wildman–Crippen LogP) is 3.28. The van der Waals surface area contributed by atoms with Gasteiger partial charge in [0.05, 0.1) is 7.11 Å². The molecule has 0 fully saturated rings. The molecule has 0 radical (unpaired) electrons. The average molecular weight is 391 g/mol. The number of fused-ring (bicyclic) bond motifs is 1. The molecule has 0 aliphatic carbocycles. The zero-order valence-electron chi connectivity index (χ0n) is 14.5. The quantitative estimate of drug-likeness (QED) is 0.565. The van der Waals surface area contributed by atoms with Crippen molar-refractivity contribution in [3.63, 3.8) is 0 Å². The van der Waals surface area contributed by atoms with Crippen LogP contribution in [0.1, 0.15) is 11.4 Å². The first kappa shape index (κ1) is 17.7. The van der Waals surface area contributed by atoms with Gasteiger partial charge >= 0.3 is 6.18 Å². The number of nitrogens with zero attached hydrogens (tertiary/aromatic N) is 6. The van der Waals surface area contributed by atoms with Crippen molar-refractivity contribution < 1.29 is 22.5 Å². The van der Waals surface area contributed by atoms with Gasteiger partial charge in [-0.1, -0.05) is 0 Å². The maximum Gasteiger partial charge on any atom is 0.435 e. The molecule has 1 aromatic carbocycles. The molecule has 144 valence electrons. The minimum atomic E-state index is -4.59. The van der Waals surface area contributed by atoms with Gasteiger partial charge < -0.3 is 10.1 Å². The molecule has 0 unspecified atom stereocenters. The van der Waals surface area contributed by atoms with Crippen LogP contribution in [0, 0.1) is 6.92 Å². The van der Waals surface area contributed by atoms with Crippen LogP contribution in [0.25, 0.3) is 17.1 Å². The number of rotatable bonds is 4. The van der Waals surface area contributed by atoms with Crippen molar-refractivity contribution in [2.24, 2.45) is 0 Å². The summed E-state index contributed by atoms with van der Waals surface area (Å²) in [5.74, 6) is 0.797. The summed E-state index contributed by atoms with van der Waals surface area (Å²) in [5, 5.41) is 13.8. The summed E-state index contributed by atoms with van der Waals surface area (Å²) in [4.78, 5) is 8.46. The van der Waals surface area contributed by atoms with Gasteiger partial charge in [-0.05, 0) is 47.6 Å². The number of ether oxygens (including phenoxy) is 1. The van der Waals surface area contributed by atoms with Crippen LogP contribution in [0.5, 0.6) is 5.75 Å². The van der Waals surface area contributed by atoms with Crippen molar-refractivity contribution in [2.45, 2.75) is 13.1 Å². The van der Waals surface area contributed by atoms with Gasteiger partial charge in [0.2, 0.25) is 11.3 Å². The molecule has 0 saturated carbocycles. The Hall–Kier alpha value is -3.70. The molecule has 28 heavy (non-hydrogen) atoms. The number of aromatic nitrogens is 6. The zero-order valence-corrected chi connectivity index (χ0v) is 14.5. The Kier molecular flexibility index (Phi) is 4.09. The normalized spacial score (nSPS) is 11.8. The summed E-state index contributed by atoms with van der Waals surface area (Å²) in [6.07, 6.45) is -4.59. The second-order valence-corrected chi connectivity index (χ2v) is 5.74. The minimum Gasteiger partial charge on any atom is -0.497 e. The van der Waals surface area contributed by atoms with E-state index in [-0.39, 0.29) is 28.6 Å². The first-order chi connectivity index (χ1) is 13.3. The molecule has 0 aliphatic heterocycles. The van der Waals surface area contributed by atoms with Gasteiger partial charge in [0, 0.05) is 11.4 Å². The molecule has 1 N–H and O–H groups in total. The smallest absolute Gasteiger partial charge is 0.435 e. The largest absolute Gasteiger partial charge is 0.497 e. The van der Waals surface area contributed by atoms with Crippen molar-refractivity contribution in [1.29, 1.82) is 0 Å². The van der Waals surface area contributed by atoms with Crippen LogP contribution in [0.3, 0.4) is 0 Å². The molecule has 0 saturated heterocycles. The van der Waals surface area contributed by atoms with Gasteiger partial charge in [0.15, 0.2) is 17.3 Å². The third-order valence-electron chi connectivity index (χ3n) is 3.83. The van der Waals surface area contributed by atoms with E-state index < -0.39 is 11.9 Å². The van der Waals surface area contributed by atoms with Crippen molar-refractivity contribution in [3.8, 4) is 11.6 Å². The van der Waals surface area contributed by atoms with E-state index in [0.29, 0.717) is 11.4 Å². The number of anilines is 2. The number of benzene rings is 1. The van der Waals surface area contributed by atoms with Crippen molar-refractivity contribution in [1.82, 2.24) is 30.1 Å². The van der Waals surface area contributed by atoms with E-state index in [4.69, 9.17) is 4.74 Å². The molecule has 0 spiro atoms. The van der Waals surface area contributed by atoms with Gasteiger partial charge in [-0.25, -0.2) is 14.3 Å². The number of methoxy groups -OCH3 is 1. The SMILES string of the molecule is COc1ccc(Nc2nc3nonc3nc2-n2nc(C(F)(F)F)cc2C)cc1. The summed E-state index contributed by atoms with van der Waals surface area (Å²) < 4.78 is 49.9. The molecule has 0 atom stereocenters. The Balaban J connectivity index is 1.83. The minimum absolute atomic E-state index is 0.0204. The molecule has 4 aromatic rings. The Morgan fingerprint density at radius 2 is 1.75 bits per heavy atom. The molecule has 12 heteroatoms. The first-order valence-electron chi connectivity index (χ1n) is 7.91. The molecular formula is C16H12F3N7O2. The van der Waals surface area contributed by atoms with Crippen LogP contribution in [-0.4, -0.2) is 37.2 Å². The second-order valence-electron chi connectivity index (χ2n) is 5.74. The van der Waals surface area contributed by atoms with E-state index >= 15 is 0 Å². The van der Waals surface area contributed by atoms with Crippen LogP contribution < -0.4 is 10.1 Å². The van der Waals surface area contributed by atoms with Crippen LogP contribution in [0.2, 0.25) is 0 Å². The standard InChI is InChI=1S/C16H12F3N7O2/c1-8-7-11(16(17,18)19)23-26(8)15-14(21-12-13(22-15)25-28-24-12)20-9-3-5-10(27-2)6-4-9/h3-7H,1-2H3,(H,20,21,24). The number of alkyl halides is 3. The van der Waals surface area contributed by atoms with E-state index in [2.05, 4.69) is 35.3 Å². The summed E-state index contributed by atoms with van der Waals surface area (Å²) in [6.45, 7) is 1.48. The molecular weight excluding hydrogens is 379 g/mol. The Morgan fingerprint density at radius 3 is 2.36 bits per heavy atom. The van der Waals surface area contributed by atoms with Gasteiger partial charge in [0.1, 0.15) is 5.75 Å². The van der Waals surface area contributed by atoms with Gasteiger partial charge in [-0.2, -0.15) is 23.3 Å². The fraction of sp³-hybridized carbons (Fsp3) is 0.188. The fourth-order valence-corrected chi connectivity index (χ4v) is 2.50. The van der Waals surface area contributed by atoms with Gasteiger partial charge in [-0.15, -0.1) is 0 Å². The molecule has 3 heterocycles. The van der Waals surface area contributed by atoms with Crippen LogP contribution >= 0.6 is 0 Å². The molecule has 4 rings (SSSR count). The fourth-order valence-electron chi connectivity index (χ4n) is 2.50. The topological polar surface area (TPSA) is 104 Å². The highest BCUT2D eigenvalue weighted by Crippen LogP contribution is 2.31. The molecule has 0 aliphatic rings. The number of halogens is 3. The second kappa shape index (κ2) is 6.48. The summed E-state index contributed by atoms with van der Waals surface area (Å²) in [5.41, 5.74) is -0.0804. The highest BCUT2D eigenvalue weighted by Gasteiger charge is 2.35. The summed E-state index contributed by atoms with van der Waals surface area (Å²) in [6, 6.07) is 7.78. The maximum absolute atomic E-state index is 13.0. The lowest BCUT2D eigenvalue weighted by atomic mass is 10.3. The van der Waals surface area contributed by atoms with Crippen LogP contribution in [0.4, 0.5) is 24.7 Å². The Labute approximate surface area is 155 Å². The molecule has 9 nitrogen and oxygen atoms in total. The Bertz CT molecular complexity index is 1140. The molecule has 0 amide bonds. The lowest BCUT2D eigenvalue weighted by molar-refractivity contribution is -0.141. The summed E-state index contributed by atoms with van der Waals surface area (Å²) in [7, 11) is 1.54. The van der Waals surface area contributed by atoms with Crippen LogP contribution in [-0.2, 0) is 6.18 Å². The Morgan fingerprint density at radius 1 is 1.07 bits per heavy atom. The number of hydrogen-bond donors (Lipinski definition) is 1. The third-order valence-corrected chi connectivity index (χ3v) is 3.83. The lowest BCUT2D eigenvalue weighted by Gasteiger charge is -2.11. The van der Waals surface area contributed by atoms with E-state index in [1.165, 1.54) is 14.0 Å². The molecule has 3 aromatic heterocycles. The lowest BCUT2D eigenvalue weighted by Crippen LogP contribution is -2.11. The van der Waals surface area contributed by atoms with Gasteiger partial charge in [0.25, 0.3) is 0 Å². The van der Waals surface area contributed by atoms with Gasteiger partial charge in [-0.3, -0.25) is 0 Å².